The van der Waals surface area contributed by atoms with Crippen molar-refractivity contribution in [1.82, 2.24) is 15.1 Å². The zero-order valence-electron chi connectivity index (χ0n) is 15.6. The SMILES string of the molecule is C.CCc1nn(C)c(C(=O)NCc2ccc(Oc3ccc(C)cc3)cc2)c1Cl. The number of nitrogens with zero attached hydrogens (tertiary/aromatic N) is 2. The summed E-state index contributed by atoms with van der Waals surface area (Å²) in [7, 11) is 1.72. The van der Waals surface area contributed by atoms with E-state index in [0.717, 1.165) is 22.8 Å². The van der Waals surface area contributed by atoms with E-state index in [4.69, 9.17) is 16.3 Å². The molecule has 2 aromatic carbocycles. The molecule has 0 fully saturated rings. The maximum Gasteiger partial charge on any atom is 0.271 e. The summed E-state index contributed by atoms with van der Waals surface area (Å²) in [6.07, 6.45) is 0.683. The molecule has 28 heavy (non-hydrogen) atoms. The number of hydrogen-bond donors (Lipinski definition) is 1. The number of rotatable bonds is 6. The van der Waals surface area contributed by atoms with Crippen LogP contribution in [0.2, 0.25) is 5.02 Å². The van der Waals surface area contributed by atoms with Gasteiger partial charge in [0.1, 0.15) is 17.2 Å². The highest BCUT2D eigenvalue weighted by molar-refractivity contribution is 6.34. The van der Waals surface area contributed by atoms with E-state index in [1.165, 1.54) is 10.2 Å². The molecule has 0 spiro atoms. The number of hydrogen-bond acceptors (Lipinski definition) is 3. The van der Waals surface area contributed by atoms with E-state index < -0.39 is 0 Å². The second-order valence-corrected chi connectivity index (χ2v) is 6.71. The van der Waals surface area contributed by atoms with Gasteiger partial charge < -0.3 is 10.1 Å². The van der Waals surface area contributed by atoms with Crippen LogP contribution in [0.4, 0.5) is 0 Å². The zero-order chi connectivity index (χ0) is 19.4. The van der Waals surface area contributed by atoms with Crippen LogP contribution in [-0.2, 0) is 20.0 Å². The van der Waals surface area contributed by atoms with Crippen LogP contribution in [0.1, 0.15) is 41.7 Å². The summed E-state index contributed by atoms with van der Waals surface area (Å²) in [5, 5.41) is 7.57. The number of benzene rings is 2. The number of aryl methyl sites for hydroxylation is 3. The molecule has 148 valence electrons. The number of ether oxygens (including phenoxy) is 1. The minimum atomic E-state index is -0.241. The maximum atomic E-state index is 12.4. The van der Waals surface area contributed by atoms with Crippen LogP contribution >= 0.6 is 11.6 Å². The molecular formula is C22H26ClN3O2. The molecule has 0 saturated carbocycles. The van der Waals surface area contributed by atoms with Gasteiger partial charge in [-0.3, -0.25) is 9.48 Å². The third-order valence-corrected chi connectivity index (χ3v) is 4.64. The van der Waals surface area contributed by atoms with Crippen molar-refractivity contribution in [2.45, 2.75) is 34.2 Å². The van der Waals surface area contributed by atoms with Gasteiger partial charge in [-0.05, 0) is 43.2 Å². The monoisotopic (exact) mass is 399 g/mol. The predicted molar refractivity (Wildman–Crippen MR) is 113 cm³/mol. The first-order chi connectivity index (χ1) is 13.0. The third-order valence-electron chi connectivity index (χ3n) is 4.24. The Labute approximate surface area is 171 Å². The van der Waals surface area contributed by atoms with E-state index in [-0.39, 0.29) is 13.3 Å². The van der Waals surface area contributed by atoms with Crippen molar-refractivity contribution < 1.29 is 9.53 Å². The maximum absolute atomic E-state index is 12.4. The van der Waals surface area contributed by atoms with Crippen LogP contribution in [0.25, 0.3) is 0 Å². The van der Waals surface area contributed by atoms with Gasteiger partial charge in [-0.2, -0.15) is 5.10 Å². The molecule has 1 N–H and O–H groups in total. The van der Waals surface area contributed by atoms with Crippen molar-refractivity contribution in [3.05, 3.63) is 76.1 Å². The topological polar surface area (TPSA) is 56.2 Å². The van der Waals surface area contributed by atoms with Crippen molar-refractivity contribution in [1.29, 1.82) is 0 Å². The lowest BCUT2D eigenvalue weighted by Gasteiger charge is -2.09. The van der Waals surface area contributed by atoms with E-state index in [9.17, 15) is 4.79 Å². The number of amides is 1. The van der Waals surface area contributed by atoms with Crippen LogP contribution in [0.15, 0.2) is 48.5 Å². The highest BCUT2D eigenvalue weighted by Gasteiger charge is 2.19. The van der Waals surface area contributed by atoms with Crippen LogP contribution < -0.4 is 10.1 Å². The van der Waals surface area contributed by atoms with E-state index >= 15 is 0 Å². The van der Waals surface area contributed by atoms with Gasteiger partial charge in [-0.1, -0.05) is 55.8 Å². The second-order valence-electron chi connectivity index (χ2n) is 6.33. The standard InChI is InChI=1S/C21H22ClN3O2.CH4/c1-4-18-19(22)20(25(3)24-18)21(26)23-13-15-7-11-17(12-8-15)27-16-9-5-14(2)6-10-16;/h5-12H,4,13H2,1-3H3,(H,23,26);1H4. The van der Waals surface area contributed by atoms with E-state index in [0.29, 0.717) is 23.7 Å². The van der Waals surface area contributed by atoms with Crippen LogP contribution in [0.3, 0.4) is 0 Å². The van der Waals surface area contributed by atoms with Crippen molar-refractivity contribution in [3.8, 4) is 11.5 Å². The molecule has 0 unspecified atom stereocenters. The molecule has 0 bridgehead atoms. The summed E-state index contributed by atoms with van der Waals surface area (Å²) >= 11 is 6.25. The van der Waals surface area contributed by atoms with E-state index in [2.05, 4.69) is 10.4 Å². The Morgan fingerprint density at radius 1 is 1.11 bits per heavy atom. The molecule has 5 nitrogen and oxygen atoms in total. The lowest BCUT2D eigenvalue weighted by molar-refractivity contribution is 0.0941. The summed E-state index contributed by atoms with van der Waals surface area (Å²) in [4.78, 5) is 12.4. The van der Waals surface area contributed by atoms with Gasteiger partial charge in [0.2, 0.25) is 0 Å². The third kappa shape index (κ3) is 4.93. The quantitative estimate of drug-likeness (QED) is 0.611. The molecule has 6 heteroatoms. The van der Waals surface area contributed by atoms with Gasteiger partial charge >= 0.3 is 0 Å². The fourth-order valence-electron chi connectivity index (χ4n) is 2.71. The predicted octanol–water partition coefficient (Wildman–Crippen LogP) is 5.30. The van der Waals surface area contributed by atoms with Crippen molar-refractivity contribution in [2.24, 2.45) is 7.05 Å². The number of nitrogens with one attached hydrogen (secondary N) is 1. The van der Waals surface area contributed by atoms with Gasteiger partial charge in [0.05, 0.1) is 10.7 Å². The summed E-state index contributed by atoms with van der Waals surface area (Å²) in [6.45, 7) is 4.39. The Bertz CT molecular complexity index is 932. The highest BCUT2D eigenvalue weighted by Crippen LogP contribution is 2.23. The molecule has 1 heterocycles. The largest absolute Gasteiger partial charge is 0.457 e. The number of carbonyl (C=O) groups is 1. The van der Waals surface area contributed by atoms with E-state index in [1.54, 1.807) is 7.05 Å². The smallest absolute Gasteiger partial charge is 0.271 e. The Hall–Kier alpha value is -2.79. The molecule has 0 aliphatic rings. The molecule has 1 aromatic heterocycles. The van der Waals surface area contributed by atoms with Crippen molar-refractivity contribution in [2.75, 3.05) is 0 Å². The summed E-state index contributed by atoms with van der Waals surface area (Å²) < 4.78 is 7.34. The lowest BCUT2D eigenvalue weighted by atomic mass is 10.2. The average Bonchev–Trinajstić information content (AvgIpc) is 2.96. The fraction of sp³-hybridized carbons (Fsp3) is 0.273. The minimum absolute atomic E-state index is 0. The first-order valence-electron chi connectivity index (χ1n) is 8.81. The molecule has 3 aromatic rings. The first kappa shape index (κ1) is 21.5. The minimum Gasteiger partial charge on any atom is -0.457 e. The number of halogens is 1. The molecule has 0 saturated heterocycles. The summed E-state index contributed by atoms with van der Waals surface area (Å²) in [5.74, 6) is 1.30. The van der Waals surface area contributed by atoms with E-state index in [1.807, 2.05) is 62.4 Å². The summed E-state index contributed by atoms with van der Waals surface area (Å²) in [6, 6.07) is 15.5. The Kier molecular flexibility index (Phi) is 7.24. The van der Waals surface area contributed by atoms with Gasteiger partial charge in [0, 0.05) is 13.6 Å². The van der Waals surface area contributed by atoms with Gasteiger partial charge in [0.25, 0.3) is 5.91 Å². The van der Waals surface area contributed by atoms with Gasteiger partial charge in [0.15, 0.2) is 0 Å². The van der Waals surface area contributed by atoms with Crippen molar-refractivity contribution in [3.63, 3.8) is 0 Å². The number of aromatic nitrogens is 2. The lowest BCUT2D eigenvalue weighted by Crippen LogP contribution is -2.25. The Morgan fingerprint density at radius 2 is 1.68 bits per heavy atom. The average molecular weight is 400 g/mol. The van der Waals surface area contributed by atoms with Gasteiger partial charge in [-0.15, -0.1) is 0 Å². The zero-order valence-corrected chi connectivity index (χ0v) is 16.4. The highest BCUT2D eigenvalue weighted by atomic mass is 35.5. The normalized spacial score (nSPS) is 10.3. The number of carbonyl (C=O) groups excluding carboxylic acids is 1. The van der Waals surface area contributed by atoms with Crippen LogP contribution in [0.5, 0.6) is 11.5 Å². The molecule has 0 aliphatic heterocycles. The molecular weight excluding hydrogens is 374 g/mol. The summed E-state index contributed by atoms with van der Waals surface area (Å²) in [5.41, 5.74) is 3.26. The molecule has 0 radical (unpaired) electrons. The Balaban J connectivity index is 0.00000280. The van der Waals surface area contributed by atoms with Crippen LogP contribution in [-0.4, -0.2) is 15.7 Å². The fourth-order valence-corrected chi connectivity index (χ4v) is 3.09. The van der Waals surface area contributed by atoms with Crippen LogP contribution in [0, 0.1) is 6.92 Å². The first-order valence-corrected chi connectivity index (χ1v) is 9.18. The Morgan fingerprint density at radius 3 is 2.21 bits per heavy atom. The molecule has 0 aliphatic carbocycles. The molecule has 1 amide bonds. The second kappa shape index (κ2) is 9.42. The van der Waals surface area contributed by atoms with Crippen molar-refractivity contribution >= 4 is 17.5 Å². The molecule has 3 rings (SSSR count). The molecule has 0 atom stereocenters. The van der Waals surface area contributed by atoms with Gasteiger partial charge in [-0.25, -0.2) is 0 Å².